The number of rotatable bonds is 7. The molecule has 4 aliphatic carbocycles. The minimum atomic E-state index is -1.67. The van der Waals surface area contributed by atoms with Gasteiger partial charge in [-0.05, 0) is 67.8 Å². The number of ketones is 2. The van der Waals surface area contributed by atoms with Gasteiger partial charge in [0.15, 0.2) is 12.4 Å². The lowest BCUT2D eigenvalue weighted by Gasteiger charge is -2.60. The van der Waals surface area contributed by atoms with E-state index in [1.165, 1.54) is 4.90 Å². The molecule has 3 fully saturated rings. The number of alkyl halides is 2. The summed E-state index contributed by atoms with van der Waals surface area (Å²) in [5, 5.41) is 23.2. The van der Waals surface area contributed by atoms with Gasteiger partial charge in [-0.25, -0.2) is 4.79 Å². The molecule has 35 heavy (non-hydrogen) atoms. The first kappa shape index (κ1) is 26.9. The topological polar surface area (TPSA) is 104 Å². The van der Waals surface area contributed by atoms with Crippen LogP contribution in [0, 0.1) is 28.6 Å². The number of nitrogens with zero attached hydrogens (tertiary/aromatic N) is 1. The van der Waals surface area contributed by atoms with Crippen LogP contribution >= 0.6 is 23.2 Å². The largest absolute Gasteiger partial charge is 0.441 e. The van der Waals surface area contributed by atoms with Gasteiger partial charge >= 0.3 is 6.09 Å². The van der Waals surface area contributed by atoms with E-state index in [2.05, 4.69) is 6.92 Å². The Hall–Kier alpha value is -1.15. The van der Waals surface area contributed by atoms with Gasteiger partial charge in [0.2, 0.25) is 5.78 Å². The lowest BCUT2D eigenvalue weighted by atomic mass is 9.45. The number of carbonyl (C=O) groups is 3. The third kappa shape index (κ3) is 4.34. The smallest absolute Gasteiger partial charge is 0.410 e. The summed E-state index contributed by atoms with van der Waals surface area (Å²) >= 11 is 11.5. The Morgan fingerprint density at radius 2 is 1.83 bits per heavy atom. The van der Waals surface area contributed by atoms with Gasteiger partial charge in [0.1, 0.15) is 5.60 Å². The van der Waals surface area contributed by atoms with Crippen LogP contribution in [-0.4, -0.2) is 75.9 Å². The number of aliphatic hydroxyl groups excluding tert-OH is 1. The van der Waals surface area contributed by atoms with E-state index in [0.717, 1.165) is 24.8 Å². The minimum absolute atomic E-state index is 0.00335. The molecule has 4 aliphatic rings. The Labute approximate surface area is 217 Å². The van der Waals surface area contributed by atoms with Crippen LogP contribution in [0.2, 0.25) is 0 Å². The van der Waals surface area contributed by atoms with Crippen LogP contribution in [0.3, 0.4) is 0 Å². The zero-order valence-corrected chi connectivity index (χ0v) is 22.1. The van der Waals surface area contributed by atoms with E-state index < -0.39 is 35.6 Å². The SMILES string of the molecule is C[C@]12CCC(=O)C=C1CC[C@@H]1[C@@H]2[C@@H](O)C[C@@]2(C)[C@H]1CC[C@]2(O)C(=O)COC(=O)N(CCCl)CCCl. The minimum Gasteiger partial charge on any atom is -0.441 e. The highest BCUT2D eigenvalue weighted by Crippen LogP contribution is 2.67. The van der Waals surface area contributed by atoms with Crippen LogP contribution in [0.1, 0.15) is 58.8 Å². The molecule has 0 saturated heterocycles. The standard InChI is InChI=1S/C26H37Cl2NO6/c1-24-7-5-17(30)13-16(24)3-4-18-19-6-8-26(34,25(19,2)14-20(31)22(18)24)21(32)15-35-23(33)29(11-9-27)12-10-28/h13,18-20,22,31,34H,3-12,14-15H2,1-2H3/t18-,19-,20-,22+,24-,25-,26-/m0/s1. The molecule has 0 heterocycles. The van der Waals surface area contributed by atoms with E-state index in [4.69, 9.17) is 27.9 Å². The summed E-state index contributed by atoms with van der Waals surface area (Å²) in [4.78, 5) is 39.2. The van der Waals surface area contributed by atoms with E-state index in [9.17, 15) is 24.6 Å². The average Bonchev–Trinajstić information content (AvgIpc) is 3.08. The zero-order valence-electron chi connectivity index (χ0n) is 20.6. The maximum absolute atomic E-state index is 13.3. The second-order valence-corrected chi connectivity index (χ2v) is 12.1. The van der Waals surface area contributed by atoms with Crippen molar-refractivity contribution < 1.29 is 29.3 Å². The van der Waals surface area contributed by atoms with Crippen LogP contribution in [0.4, 0.5) is 4.79 Å². The van der Waals surface area contributed by atoms with E-state index in [1.807, 2.05) is 6.92 Å². The molecule has 0 aromatic heterocycles. The Balaban J connectivity index is 1.52. The first-order valence-electron chi connectivity index (χ1n) is 12.7. The van der Waals surface area contributed by atoms with Crippen molar-refractivity contribution in [3.63, 3.8) is 0 Å². The van der Waals surface area contributed by atoms with Gasteiger partial charge < -0.3 is 19.8 Å². The maximum Gasteiger partial charge on any atom is 0.410 e. The van der Waals surface area contributed by atoms with E-state index in [0.29, 0.717) is 19.3 Å². The fourth-order valence-electron chi connectivity index (χ4n) is 7.99. The number of fused-ring (bicyclic) bond motifs is 5. The second-order valence-electron chi connectivity index (χ2n) is 11.3. The van der Waals surface area contributed by atoms with Crippen molar-refractivity contribution in [3.05, 3.63) is 11.6 Å². The van der Waals surface area contributed by atoms with Crippen molar-refractivity contribution in [2.45, 2.75) is 70.5 Å². The van der Waals surface area contributed by atoms with Gasteiger partial charge in [0.05, 0.1) is 6.10 Å². The lowest BCUT2D eigenvalue weighted by Crippen LogP contribution is -2.62. The molecule has 1 amide bonds. The summed E-state index contributed by atoms with van der Waals surface area (Å²) in [6.45, 7) is 4.06. The molecule has 0 bridgehead atoms. The molecule has 4 rings (SSSR count). The predicted octanol–water partition coefficient (Wildman–Crippen LogP) is 3.71. The highest BCUT2D eigenvalue weighted by molar-refractivity contribution is 6.18. The number of allylic oxidation sites excluding steroid dienone is 1. The number of amides is 1. The number of hydrogen-bond acceptors (Lipinski definition) is 6. The molecule has 9 heteroatoms. The zero-order chi connectivity index (χ0) is 25.6. The van der Waals surface area contributed by atoms with Crippen molar-refractivity contribution in [2.75, 3.05) is 31.5 Å². The Morgan fingerprint density at radius 1 is 1.14 bits per heavy atom. The van der Waals surface area contributed by atoms with E-state index in [1.54, 1.807) is 6.08 Å². The van der Waals surface area contributed by atoms with Crippen molar-refractivity contribution in [3.8, 4) is 0 Å². The van der Waals surface area contributed by atoms with Crippen LogP contribution in [0.25, 0.3) is 0 Å². The molecule has 2 N–H and O–H groups in total. The highest BCUT2D eigenvalue weighted by atomic mass is 35.5. The third-order valence-electron chi connectivity index (χ3n) is 9.80. The molecule has 0 aromatic rings. The quantitative estimate of drug-likeness (QED) is 0.487. The van der Waals surface area contributed by atoms with Crippen LogP contribution < -0.4 is 0 Å². The second kappa shape index (κ2) is 9.96. The lowest BCUT2D eigenvalue weighted by molar-refractivity contribution is -0.182. The summed E-state index contributed by atoms with van der Waals surface area (Å²) < 4.78 is 5.26. The van der Waals surface area contributed by atoms with Gasteiger partial charge in [-0.1, -0.05) is 19.4 Å². The van der Waals surface area contributed by atoms with Crippen LogP contribution in [0.5, 0.6) is 0 Å². The summed E-state index contributed by atoms with van der Waals surface area (Å²) in [7, 11) is 0. The summed E-state index contributed by atoms with van der Waals surface area (Å²) in [6.07, 6.45) is 4.56. The van der Waals surface area contributed by atoms with Crippen molar-refractivity contribution >= 4 is 40.9 Å². The molecule has 0 aliphatic heterocycles. The fraction of sp³-hybridized carbons (Fsp3) is 0.808. The Bertz CT molecular complexity index is 904. The number of hydrogen-bond donors (Lipinski definition) is 2. The normalized spacial score (nSPS) is 40.3. The molecule has 0 radical (unpaired) electrons. The average molecular weight is 530 g/mol. The van der Waals surface area contributed by atoms with Crippen molar-refractivity contribution in [2.24, 2.45) is 28.6 Å². The summed E-state index contributed by atoms with van der Waals surface area (Å²) in [6, 6.07) is 0. The number of aliphatic hydroxyl groups is 2. The first-order chi connectivity index (χ1) is 16.5. The Morgan fingerprint density at radius 3 is 2.49 bits per heavy atom. The monoisotopic (exact) mass is 529 g/mol. The molecule has 7 nitrogen and oxygen atoms in total. The highest BCUT2D eigenvalue weighted by Gasteiger charge is 2.68. The van der Waals surface area contributed by atoms with Gasteiger partial charge in [-0.15, -0.1) is 23.2 Å². The molecule has 0 spiro atoms. The van der Waals surface area contributed by atoms with E-state index >= 15 is 0 Å². The molecule has 3 saturated carbocycles. The van der Waals surface area contributed by atoms with Crippen molar-refractivity contribution in [1.82, 2.24) is 4.90 Å². The first-order valence-corrected chi connectivity index (χ1v) is 13.8. The number of carbonyl (C=O) groups excluding carboxylic acids is 3. The van der Waals surface area contributed by atoms with E-state index in [-0.39, 0.29) is 60.2 Å². The summed E-state index contributed by atoms with van der Waals surface area (Å²) in [5.41, 5.74) is -1.57. The number of Topliss-reactive ketones (excluding diaryl/α,β-unsaturated/α-hetero) is 1. The van der Waals surface area contributed by atoms with Gasteiger partial charge in [-0.3, -0.25) is 9.59 Å². The molecular weight excluding hydrogens is 493 g/mol. The van der Waals surface area contributed by atoms with Gasteiger partial charge in [-0.2, -0.15) is 0 Å². The number of halogens is 2. The predicted molar refractivity (Wildman–Crippen MR) is 132 cm³/mol. The summed E-state index contributed by atoms with van der Waals surface area (Å²) in [5.74, 6) is 0.305. The third-order valence-corrected chi connectivity index (χ3v) is 10.1. The van der Waals surface area contributed by atoms with Gasteiger partial charge in [0, 0.05) is 36.7 Å². The molecule has 7 atom stereocenters. The van der Waals surface area contributed by atoms with Gasteiger partial charge in [0.25, 0.3) is 0 Å². The molecule has 0 unspecified atom stereocenters. The number of ether oxygens (including phenoxy) is 1. The fourth-order valence-corrected chi connectivity index (χ4v) is 8.39. The van der Waals surface area contributed by atoms with Crippen LogP contribution in [0.15, 0.2) is 11.6 Å². The molecule has 0 aromatic carbocycles. The molecule has 196 valence electrons. The molecular formula is C26H37Cl2NO6. The van der Waals surface area contributed by atoms with Crippen molar-refractivity contribution in [1.29, 1.82) is 0 Å². The Kier molecular flexibility index (Phi) is 7.65. The maximum atomic E-state index is 13.3. The van der Waals surface area contributed by atoms with Crippen LogP contribution in [-0.2, 0) is 14.3 Å².